The molecule has 0 atom stereocenters. The smallest absolute Gasteiger partial charge is 0.404 e. The summed E-state index contributed by atoms with van der Waals surface area (Å²) in [6.07, 6.45) is -4.85. The average Bonchev–Trinajstić information content (AvgIpc) is 3.22. The fraction of sp³-hybridized carbons (Fsp3) is 0.500. The molecule has 1 aliphatic heterocycles. The van der Waals surface area contributed by atoms with Gasteiger partial charge in [0.1, 0.15) is 25.2 Å². The van der Waals surface area contributed by atoms with Gasteiger partial charge in [0, 0.05) is 13.1 Å². The van der Waals surface area contributed by atoms with Crippen molar-refractivity contribution in [2.24, 2.45) is 0 Å². The van der Waals surface area contributed by atoms with E-state index in [2.05, 4.69) is 62.6 Å². The predicted octanol–water partition coefficient (Wildman–Crippen LogP) is 7.38. The van der Waals surface area contributed by atoms with Gasteiger partial charge in [0.2, 0.25) is 0 Å². The van der Waals surface area contributed by atoms with Gasteiger partial charge in [-0.25, -0.2) is 9.97 Å². The van der Waals surface area contributed by atoms with Crippen molar-refractivity contribution in [1.82, 2.24) is 14.5 Å². The molecular formula is C28H34ClF3N4O2Si. The summed E-state index contributed by atoms with van der Waals surface area (Å²) in [6, 6.07) is 7.96. The number of pyridine rings is 1. The third-order valence-electron chi connectivity index (χ3n) is 7.48. The number of nitrogens with zero attached hydrogens (tertiary/aromatic N) is 4. The van der Waals surface area contributed by atoms with E-state index in [1.54, 1.807) is 4.57 Å². The van der Waals surface area contributed by atoms with E-state index in [9.17, 15) is 13.2 Å². The van der Waals surface area contributed by atoms with E-state index >= 15 is 0 Å². The number of hydrogen-bond donors (Lipinski definition) is 0. The molecule has 0 bridgehead atoms. The monoisotopic (exact) mass is 578 g/mol. The number of halogens is 4. The molecule has 0 spiro atoms. The summed E-state index contributed by atoms with van der Waals surface area (Å²) in [4.78, 5) is 11.9. The molecule has 0 amide bonds. The van der Waals surface area contributed by atoms with Gasteiger partial charge in [-0.1, -0.05) is 53.1 Å². The lowest BCUT2D eigenvalue weighted by atomic mass is 10.3. The molecule has 2 aromatic heterocycles. The molecule has 210 valence electrons. The van der Waals surface area contributed by atoms with E-state index in [4.69, 9.17) is 26.3 Å². The van der Waals surface area contributed by atoms with Crippen molar-refractivity contribution in [3.8, 4) is 22.9 Å². The Balaban J connectivity index is 1.92. The number of morpholine rings is 1. The first-order chi connectivity index (χ1) is 18.3. The van der Waals surface area contributed by atoms with E-state index in [0.717, 1.165) is 5.82 Å². The van der Waals surface area contributed by atoms with Gasteiger partial charge < -0.3 is 14.4 Å². The second kappa shape index (κ2) is 11.4. The number of hydrogen-bond acceptors (Lipinski definition) is 5. The first-order valence-corrected chi connectivity index (χ1v) is 15.8. The van der Waals surface area contributed by atoms with Crippen LogP contribution >= 0.6 is 11.6 Å². The number of aromatic nitrogens is 3. The molecule has 0 aliphatic carbocycles. The van der Waals surface area contributed by atoms with E-state index in [1.165, 1.54) is 18.2 Å². The fourth-order valence-corrected chi connectivity index (χ4v) is 11.1. The van der Waals surface area contributed by atoms with Gasteiger partial charge in [-0.2, -0.15) is 0 Å². The largest absolute Gasteiger partial charge is 0.573 e. The molecule has 3 heterocycles. The molecular weight excluding hydrogens is 545 g/mol. The molecule has 1 aromatic carbocycles. The van der Waals surface area contributed by atoms with Crippen LogP contribution in [0.15, 0.2) is 30.3 Å². The summed E-state index contributed by atoms with van der Waals surface area (Å²) in [7, 11) is -2.10. The van der Waals surface area contributed by atoms with E-state index < -0.39 is 20.2 Å². The molecule has 1 fully saturated rings. The number of anilines is 1. The summed E-state index contributed by atoms with van der Waals surface area (Å²) in [5.41, 5.74) is 6.64. The molecule has 4 rings (SSSR count). The highest BCUT2D eigenvalue weighted by Gasteiger charge is 2.42. The molecule has 0 radical (unpaired) electrons. The number of imidazole rings is 1. The highest BCUT2D eigenvalue weighted by Crippen LogP contribution is 2.41. The highest BCUT2D eigenvalue weighted by molar-refractivity contribution is 6.90. The summed E-state index contributed by atoms with van der Waals surface area (Å²) in [6.45, 7) is 16.0. The number of alkyl halides is 3. The Labute approximate surface area is 233 Å². The standard InChI is InChI=1S/C28H34ClF3N4O2Si/c1-18(2)39(19(3)4,20(5)6)16-11-26-33-23-8-10-25(35-12-14-37-15-13-35)34-27(23)36(26)21-7-9-24(22(29)17-21)38-28(30,31)32/h7-10,17-20H,12-15H2,1-6H3. The van der Waals surface area contributed by atoms with Gasteiger partial charge in [0.05, 0.1) is 23.9 Å². The Morgan fingerprint density at radius 2 is 1.62 bits per heavy atom. The zero-order valence-corrected chi connectivity index (χ0v) is 24.8. The Morgan fingerprint density at radius 3 is 2.18 bits per heavy atom. The Kier molecular flexibility index (Phi) is 8.54. The predicted molar refractivity (Wildman–Crippen MR) is 152 cm³/mol. The summed E-state index contributed by atoms with van der Waals surface area (Å²) in [5, 5.41) is -0.176. The Bertz CT molecular complexity index is 1370. The summed E-state index contributed by atoms with van der Waals surface area (Å²) >= 11 is 6.25. The van der Waals surface area contributed by atoms with Gasteiger partial charge >= 0.3 is 6.36 Å². The van der Waals surface area contributed by atoms with Crippen molar-refractivity contribution in [1.29, 1.82) is 0 Å². The summed E-state index contributed by atoms with van der Waals surface area (Å²) in [5.74, 6) is 4.16. The lowest BCUT2D eigenvalue weighted by Gasteiger charge is -2.38. The maximum absolute atomic E-state index is 12.9. The van der Waals surface area contributed by atoms with Crippen molar-refractivity contribution in [3.63, 3.8) is 0 Å². The molecule has 6 nitrogen and oxygen atoms in total. The average molecular weight is 579 g/mol. The second-order valence-electron chi connectivity index (χ2n) is 10.7. The van der Waals surface area contributed by atoms with Crippen LogP contribution in [0, 0.1) is 11.5 Å². The van der Waals surface area contributed by atoms with Crippen molar-refractivity contribution in [2.45, 2.75) is 64.5 Å². The number of fused-ring (bicyclic) bond motifs is 1. The van der Waals surface area contributed by atoms with Crippen LogP contribution in [-0.2, 0) is 4.74 Å². The molecule has 1 aliphatic rings. The topological polar surface area (TPSA) is 52.4 Å². The molecule has 11 heteroatoms. The minimum atomic E-state index is -4.85. The highest BCUT2D eigenvalue weighted by atomic mass is 35.5. The lowest BCUT2D eigenvalue weighted by Crippen LogP contribution is -2.43. The lowest BCUT2D eigenvalue weighted by molar-refractivity contribution is -0.274. The van der Waals surface area contributed by atoms with Crippen LogP contribution in [0.5, 0.6) is 5.75 Å². The first kappa shape index (κ1) is 29.2. The number of ether oxygens (including phenoxy) is 2. The zero-order valence-electron chi connectivity index (χ0n) is 23.1. The van der Waals surface area contributed by atoms with Crippen LogP contribution in [0.2, 0.25) is 21.6 Å². The molecule has 0 saturated carbocycles. The number of rotatable bonds is 6. The quantitative estimate of drug-likeness (QED) is 0.226. The van der Waals surface area contributed by atoms with Gasteiger partial charge in [-0.3, -0.25) is 4.57 Å². The van der Waals surface area contributed by atoms with Gasteiger partial charge in [0.25, 0.3) is 0 Å². The van der Waals surface area contributed by atoms with Crippen LogP contribution in [0.25, 0.3) is 16.9 Å². The SMILES string of the molecule is CC(C)[Si](C#Cc1nc2ccc(N3CCOCC3)nc2n1-c1ccc(OC(F)(F)F)c(Cl)c1)(C(C)C)C(C)C. The van der Waals surface area contributed by atoms with Crippen LogP contribution in [0.4, 0.5) is 19.0 Å². The zero-order chi connectivity index (χ0) is 28.5. The number of benzene rings is 1. The maximum atomic E-state index is 12.9. The minimum absolute atomic E-state index is 0.176. The first-order valence-electron chi connectivity index (χ1n) is 13.1. The van der Waals surface area contributed by atoms with Crippen molar-refractivity contribution < 1.29 is 22.6 Å². The third-order valence-corrected chi connectivity index (χ3v) is 14.1. The second-order valence-corrected chi connectivity index (χ2v) is 16.7. The van der Waals surface area contributed by atoms with Crippen molar-refractivity contribution in [2.75, 3.05) is 31.2 Å². The van der Waals surface area contributed by atoms with Gasteiger partial charge in [0.15, 0.2) is 11.5 Å². The fourth-order valence-electron chi connectivity index (χ4n) is 5.68. The van der Waals surface area contributed by atoms with Crippen molar-refractivity contribution >= 4 is 36.7 Å². The van der Waals surface area contributed by atoms with Gasteiger partial charge in [-0.15, -0.1) is 18.7 Å². The molecule has 3 aromatic rings. The Morgan fingerprint density at radius 1 is 0.974 bits per heavy atom. The van der Waals surface area contributed by atoms with E-state index in [-0.39, 0.29) is 5.02 Å². The van der Waals surface area contributed by atoms with E-state index in [0.29, 0.717) is 65.6 Å². The van der Waals surface area contributed by atoms with Crippen LogP contribution in [-0.4, -0.2) is 55.3 Å². The van der Waals surface area contributed by atoms with Crippen LogP contribution < -0.4 is 9.64 Å². The Hall–Kier alpha value is -2.74. The molecule has 1 saturated heterocycles. The molecule has 0 N–H and O–H groups in total. The molecule has 0 unspecified atom stereocenters. The third kappa shape index (κ3) is 6.05. The normalized spacial score (nSPS) is 14.8. The molecule has 39 heavy (non-hydrogen) atoms. The van der Waals surface area contributed by atoms with Gasteiger partial charge in [-0.05, 0) is 52.9 Å². The van der Waals surface area contributed by atoms with Crippen molar-refractivity contribution in [3.05, 3.63) is 41.2 Å². The summed E-state index contributed by atoms with van der Waals surface area (Å²) < 4.78 is 49.9. The minimum Gasteiger partial charge on any atom is -0.404 e. The van der Waals surface area contributed by atoms with Crippen LogP contribution in [0.3, 0.4) is 0 Å². The van der Waals surface area contributed by atoms with Crippen LogP contribution in [0.1, 0.15) is 47.4 Å². The maximum Gasteiger partial charge on any atom is 0.573 e. The van der Waals surface area contributed by atoms with E-state index in [1.807, 2.05) is 12.1 Å².